The number of anilines is 2. The highest BCUT2D eigenvalue weighted by Gasteiger charge is 2.29. The summed E-state index contributed by atoms with van der Waals surface area (Å²) in [5, 5.41) is 0.118. The number of benzene rings is 1. The average Bonchev–Trinajstić information content (AvgIpc) is 2.51. The molecule has 2 rings (SSSR count). The molecule has 16 heavy (non-hydrogen) atoms. The van der Waals surface area contributed by atoms with Crippen LogP contribution in [0, 0.1) is 13.8 Å². The Hall–Kier alpha value is -1.16. The van der Waals surface area contributed by atoms with Crippen LogP contribution in [0.25, 0.3) is 0 Å². The van der Waals surface area contributed by atoms with Crippen molar-refractivity contribution in [2.75, 3.05) is 17.2 Å². The van der Waals surface area contributed by atoms with Gasteiger partial charge in [-0.05, 0) is 31.0 Å². The summed E-state index contributed by atoms with van der Waals surface area (Å²) in [6.07, 6.45) is 0.496. The maximum Gasteiger partial charge on any atom is 0.228 e. The molecule has 0 aliphatic carbocycles. The van der Waals surface area contributed by atoms with E-state index in [0.29, 0.717) is 18.7 Å². The third-order valence-electron chi connectivity index (χ3n) is 2.90. The number of carbonyl (C=O) groups is 1. The number of carbonyl (C=O) groups excluding carboxylic acids is 1. The molecule has 3 nitrogen and oxygen atoms in total. The van der Waals surface area contributed by atoms with E-state index >= 15 is 0 Å². The Morgan fingerprint density at radius 1 is 1.44 bits per heavy atom. The van der Waals surface area contributed by atoms with Gasteiger partial charge in [0.05, 0.1) is 11.4 Å². The number of hydrogen-bond donors (Lipinski definition) is 2. The van der Waals surface area contributed by atoms with Crippen molar-refractivity contribution in [2.45, 2.75) is 25.5 Å². The fourth-order valence-electron chi connectivity index (χ4n) is 2.10. The van der Waals surface area contributed by atoms with E-state index in [1.54, 1.807) is 4.90 Å². The number of nitrogens with two attached hydrogens (primary N) is 1. The van der Waals surface area contributed by atoms with E-state index in [-0.39, 0.29) is 11.2 Å². The molecule has 0 saturated carbocycles. The van der Waals surface area contributed by atoms with Gasteiger partial charge in [-0.15, -0.1) is 0 Å². The number of nitrogens with zero attached hydrogens (tertiary/aromatic N) is 1. The Balaban J connectivity index is 2.44. The lowest BCUT2D eigenvalue weighted by Crippen LogP contribution is -2.25. The van der Waals surface area contributed by atoms with Crippen molar-refractivity contribution in [1.82, 2.24) is 0 Å². The van der Waals surface area contributed by atoms with E-state index in [0.717, 1.165) is 16.8 Å². The molecule has 1 atom stereocenters. The van der Waals surface area contributed by atoms with Crippen LogP contribution < -0.4 is 10.6 Å². The molecule has 0 aromatic heterocycles. The molecule has 1 saturated heterocycles. The summed E-state index contributed by atoms with van der Waals surface area (Å²) in [6, 6.07) is 3.99. The van der Waals surface area contributed by atoms with Gasteiger partial charge >= 0.3 is 0 Å². The summed E-state index contributed by atoms with van der Waals surface area (Å²) in [5.74, 6) is 0.108. The van der Waals surface area contributed by atoms with Gasteiger partial charge in [0.2, 0.25) is 5.91 Å². The quantitative estimate of drug-likeness (QED) is 0.578. The zero-order valence-electron chi connectivity index (χ0n) is 9.53. The van der Waals surface area contributed by atoms with Crippen LogP contribution in [0.5, 0.6) is 0 Å². The molecule has 4 heteroatoms. The summed E-state index contributed by atoms with van der Waals surface area (Å²) in [4.78, 5) is 13.5. The Bertz CT molecular complexity index is 445. The Morgan fingerprint density at radius 3 is 2.69 bits per heavy atom. The SMILES string of the molecule is Cc1cc(C)c(N)c(N2CC(S)CC2=O)c1. The predicted molar refractivity (Wildman–Crippen MR) is 70.1 cm³/mol. The first-order valence-electron chi connectivity index (χ1n) is 5.34. The predicted octanol–water partition coefficient (Wildman–Crippen LogP) is 1.92. The summed E-state index contributed by atoms with van der Waals surface area (Å²) in [6.45, 7) is 4.62. The second kappa shape index (κ2) is 4.01. The highest BCUT2D eigenvalue weighted by Crippen LogP contribution is 2.32. The summed E-state index contributed by atoms with van der Waals surface area (Å²) in [5.41, 5.74) is 9.69. The molecule has 1 unspecified atom stereocenters. The van der Waals surface area contributed by atoms with Gasteiger partial charge < -0.3 is 10.6 Å². The highest BCUT2D eigenvalue weighted by molar-refractivity contribution is 7.81. The molecule has 86 valence electrons. The average molecular weight is 236 g/mol. The van der Waals surface area contributed by atoms with Crippen LogP contribution in [0.4, 0.5) is 11.4 Å². The monoisotopic (exact) mass is 236 g/mol. The smallest absolute Gasteiger partial charge is 0.228 e. The van der Waals surface area contributed by atoms with Gasteiger partial charge in [-0.25, -0.2) is 0 Å². The molecular formula is C12H16N2OS. The third-order valence-corrected chi connectivity index (χ3v) is 3.25. The largest absolute Gasteiger partial charge is 0.397 e. The Labute approximate surface area is 101 Å². The Morgan fingerprint density at radius 2 is 2.12 bits per heavy atom. The summed E-state index contributed by atoms with van der Waals surface area (Å²) in [7, 11) is 0. The number of nitrogen functional groups attached to an aromatic ring is 1. The number of amides is 1. The van der Waals surface area contributed by atoms with Crippen LogP contribution in [0.3, 0.4) is 0 Å². The van der Waals surface area contributed by atoms with Gasteiger partial charge in [0.15, 0.2) is 0 Å². The lowest BCUT2D eigenvalue weighted by molar-refractivity contribution is -0.117. The first-order valence-corrected chi connectivity index (χ1v) is 5.86. The zero-order valence-corrected chi connectivity index (χ0v) is 10.4. The van der Waals surface area contributed by atoms with Crippen LogP contribution in [-0.4, -0.2) is 17.7 Å². The van der Waals surface area contributed by atoms with Gasteiger partial charge in [-0.3, -0.25) is 4.79 Å². The van der Waals surface area contributed by atoms with E-state index in [1.807, 2.05) is 26.0 Å². The van der Waals surface area contributed by atoms with E-state index < -0.39 is 0 Å². The van der Waals surface area contributed by atoms with Gasteiger partial charge in [0.25, 0.3) is 0 Å². The number of thiol groups is 1. The maximum absolute atomic E-state index is 11.8. The highest BCUT2D eigenvalue weighted by atomic mass is 32.1. The molecule has 1 fully saturated rings. The normalized spacial score (nSPS) is 20.6. The molecule has 1 aromatic carbocycles. The van der Waals surface area contributed by atoms with E-state index in [4.69, 9.17) is 5.73 Å². The fraction of sp³-hybridized carbons (Fsp3) is 0.417. The molecule has 2 N–H and O–H groups in total. The lowest BCUT2D eigenvalue weighted by Gasteiger charge is -2.20. The van der Waals surface area contributed by atoms with E-state index in [2.05, 4.69) is 12.6 Å². The molecule has 1 aliphatic rings. The van der Waals surface area contributed by atoms with Crippen LogP contribution >= 0.6 is 12.6 Å². The fourth-order valence-corrected chi connectivity index (χ4v) is 2.42. The van der Waals surface area contributed by atoms with Gasteiger partial charge in [-0.1, -0.05) is 6.07 Å². The van der Waals surface area contributed by atoms with E-state index in [9.17, 15) is 4.79 Å². The molecular weight excluding hydrogens is 220 g/mol. The molecule has 0 radical (unpaired) electrons. The van der Waals surface area contributed by atoms with Crippen molar-refractivity contribution in [3.05, 3.63) is 23.3 Å². The second-order valence-electron chi connectivity index (χ2n) is 4.38. The molecule has 1 amide bonds. The zero-order chi connectivity index (χ0) is 11.9. The maximum atomic E-state index is 11.8. The van der Waals surface area contributed by atoms with Gasteiger partial charge in [0, 0.05) is 18.2 Å². The van der Waals surface area contributed by atoms with Crippen molar-refractivity contribution < 1.29 is 4.79 Å². The third kappa shape index (κ3) is 1.89. The number of hydrogen-bond acceptors (Lipinski definition) is 3. The van der Waals surface area contributed by atoms with Crippen LogP contribution in [0.2, 0.25) is 0 Å². The standard InChI is InChI=1S/C12H16N2OS/c1-7-3-8(2)12(13)10(4-7)14-6-9(16)5-11(14)15/h3-4,9,16H,5-6,13H2,1-2H3. The summed E-state index contributed by atoms with van der Waals surface area (Å²) >= 11 is 4.34. The van der Waals surface area contributed by atoms with Gasteiger partial charge in [0.1, 0.15) is 0 Å². The molecule has 0 spiro atoms. The van der Waals surface area contributed by atoms with Crippen LogP contribution in [0.15, 0.2) is 12.1 Å². The van der Waals surface area contributed by atoms with Crippen molar-refractivity contribution in [1.29, 1.82) is 0 Å². The van der Waals surface area contributed by atoms with Gasteiger partial charge in [-0.2, -0.15) is 12.6 Å². The molecule has 1 heterocycles. The minimum absolute atomic E-state index is 0.108. The molecule has 1 aromatic rings. The van der Waals surface area contributed by atoms with Crippen molar-refractivity contribution in [3.8, 4) is 0 Å². The Kier molecular flexibility index (Phi) is 2.84. The van der Waals surface area contributed by atoms with Crippen LogP contribution in [-0.2, 0) is 4.79 Å². The van der Waals surface area contributed by atoms with Crippen LogP contribution in [0.1, 0.15) is 17.5 Å². The first kappa shape index (κ1) is 11.3. The number of aryl methyl sites for hydroxylation is 2. The number of rotatable bonds is 1. The van der Waals surface area contributed by atoms with Crippen molar-refractivity contribution >= 4 is 29.9 Å². The molecule has 0 bridgehead atoms. The van der Waals surface area contributed by atoms with Crippen molar-refractivity contribution in [2.24, 2.45) is 0 Å². The lowest BCUT2D eigenvalue weighted by atomic mass is 10.1. The first-order chi connectivity index (χ1) is 7.49. The van der Waals surface area contributed by atoms with E-state index in [1.165, 1.54) is 0 Å². The van der Waals surface area contributed by atoms with Crippen molar-refractivity contribution in [3.63, 3.8) is 0 Å². The molecule has 1 aliphatic heterocycles. The summed E-state index contributed by atoms with van der Waals surface area (Å²) < 4.78 is 0. The minimum Gasteiger partial charge on any atom is -0.397 e. The topological polar surface area (TPSA) is 46.3 Å². The second-order valence-corrected chi connectivity index (χ2v) is 5.11. The minimum atomic E-state index is 0.108.